The molecule has 1 amide bonds. The number of hydrogen-bond acceptors (Lipinski definition) is 6. The number of aromatic nitrogens is 2. The number of aryl methyl sites for hydroxylation is 1. The fourth-order valence-corrected chi connectivity index (χ4v) is 6.24. The molecule has 1 aliphatic rings. The first-order chi connectivity index (χ1) is 18.9. The minimum atomic E-state index is -4.09. The van der Waals surface area contributed by atoms with Gasteiger partial charge in [-0.05, 0) is 82.3 Å². The average Bonchev–Trinajstić information content (AvgIpc) is 3.55. The lowest BCUT2D eigenvalue weighted by molar-refractivity contribution is -0.119. The molecule has 10 nitrogen and oxygen atoms in total. The Morgan fingerprint density at radius 3 is 2.48 bits per heavy atom. The molecule has 0 aliphatic heterocycles. The van der Waals surface area contributed by atoms with Gasteiger partial charge in [0.15, 0.2) is 5.69 Å². The second-order valence-electron chi connectivity index (χ2n) is 10.4. The highest BCUT2D eigenvalue weighted by Crippen LogP contribution is 2.36. The number of carbonyl (C=O) groups excluding carboxylic acids is 1. The van der Waals surface area contributed by atoms with Crippen molar-refractivity contribution >= 4 is 27.6 Å². The number of ether oxygens (including phenoxy) is 1. The summed E-state index contributed by atoms with van der Waals surface area (Å²) in [7, 11) is -4.09. The lowest BCUT2D eigenvalue weighted by Gasteiger charge is -2.18. The Morgan fingerprint density at radius 2 is 1.82 bits per heavy atom. The molecule has 1 unspecified atom stereocenters. The fraction of sp³-hybridized carbons (Fsp3) is 0.414. The molecular formula is C29H36N4O6S. The summed E-state index contributed by atoms with van der Waals surface area (Å²) in [4.78, 5) is 24.6. The number of hydrogen-bond donors (Lipinski definition) is 3. The predicted octanol–water partition coefficient (Wildman–Crippen LogP) is 5.49. The number of nitrogens with one attached hydrogen (secondary N) is 2. The van der Waals surface area contributed by atoms with Crippen LogP contribution in [-0.4, -0.2) is 41.2 Å². The minimum absolute atomic E-state index is 0.0267. The molecule has 3 N–H and O–H groups in total. The highest BCUT2D eigenvalue weighted by atomic mass is 32.2. The van der Waals surface area contributed by atoms with Gasteiger partial charge >= 0.3 is 5.97 Å². The van der Waals surface area contributed by atoms with Crippen molar-refractivity contribution in [3.63, 3.8) is 0 Å². The van der Waals surface area contributed by atoms with E-state index in [9.17, 15) is 23.1 Å². The van der Waals surface area contributed by atoms with Crippen molar-refractivity contribution in [1.29, 1.82) is 0 Å². The fourth-order valence-electron chi connectivity index (χ4n) is 4.76. The van der Waals surface area contributed by atoms with Crippen LogP contribution in [0, 0.1) is 26.7 Å². The van der Waals surface area contributed by atoms with Gasteiger partial charge in [-0.1, -0.05) is 31.9 Å². The number of anilines is 1. The third-order valence-electron chi connectivity index (χ3n) is 7.48. The van der Waals surface area contributed by atoms with Gasteiger partial charge in [0.1, 0.15) is 10.6 Å². The van der Waals surface area contributed by atoms with Gasteiger partial charge in [0.05, 0.1) is 5.69 Å². The molecule has 1 aliphatic carbocycles. The van der Waals surface area contributed by atoms with Gasteiger partial charge in [0.25, 0.3) is 0 Å². The van der Waals surface area contributed by atoms with E-state index in [0.717, 1.165) is 36.8 Å². The Balaban J connectivity index is 1.82. The highest BCUT2D eigenvalue weighted by Gasteiger charge is 2.28. The van der Waals surface area contributed by atoms with E-state index in [2.05, 4.69) is 15.1 Å². The third-order valence-corrected chi connectivity index (χ3v) is 9.09. The maximum atomic E-state index is 13.5. The second kappa shape index (κ2) is 11.8. The standard InChI is InChI=1S/C29H36N4O6S/c1-6-18(3)32-40(37,38)25-16-22(30-27(34)21-11-7-8-12-21)14-15-24(25)39-28-20(5)26(29(35)36)31-33(28)23-13-9-10-17(2)19(23)4/h9-10,13-16,18,21,32H,6-8,11-12H2,1-5H3,(H,30,34)(H,35,36). The molecule has 40 heavy (non-hydrogen) atoms. The van der Waals surface area contributed by atoms with Gasteiger partial charge in [-0.3, -0.25) is 4.79 Å². The molecule has 0 spiro atoms. The number of carbonyl (C=O) groups is 2. The van der Waals surface area contributed by atoms with Gasteiger partial charge < -0.3 is 15.2 Å². The zero-order chi connectivity index (χ0) is 29.2. The molecule has 4 rings (SSSR count). The van der Waals surface area contributed by atoms with Crippen LogP contribution in [-0.2, 0) is 14.8 Å². The monoisotopic (exact) mass is 568 g/mol. The van der Waals surface area contributed by atoms with Crippen LogP contribution in [0.4, 0.5) is 5.69 Å². The molecule has 3 aromatic rings. The van der Waals surface area contributed by atoms with E-state index in [1.165, 1.54) is 16.8 Å². The van der Waals surface area contributed by atoms with E-state index in [-0.39, 0.29) is 45.6 Å². The van der Waals surface area contributed by atoms with E-state index in [1.54, 1.807) is 26.0 Å². The van der Waals surface area contributed by atoms with Gasteiger partial charge in [-0.15, -0.1) is 0 Å². The minimum Gasteiger partial charge on any atom is -0.476 e. The number of nitrogens with zero attached hydrogens (tertiary/aromatic N) is 2. The summed E-state index contributed by atoms with van der Waals surface area (Å²) in [5.41, 5.74) is 2.80. The Kier molecular flexibility index (Phi) is 8.65. The quantitative estimate of drug-likeness (QED) is 0.294. The summed E-state index contributed by atoms with van der Waals surface area (Å²) in [6.45, 7) is 9.00. The van der Waals surface area contributed by atoms with Crippen molar-refractivity contribution < 1.29 is 27.9 Å². The van der Waals surface area contributed by atoms with E-state index in [4.69, 9.17) is 4.74 Å². The molecule has 1 saturated carbocycles. The normalized spacial score (nSPS) is 14.7. The smallest absolute Gasteiger partial charge is 0.356 e. The second-order valence-corrected chi connectivity index (χ2v) is 12.1. The van der Waals surface area contributed by atoms with Crippen molar-refractivity contribution in [3.05, 3.63) is 58.8 Å². The summed E-state index contributed by atoms with van der Waals surface area (Å²) in [5.74, 6) is -1.42. The molecule has 1 fully saturated rings. The summed E-state index contributed by atoms with van der Waals surface area (Å²) in [6, 6.07) is 9.61. The lowest BCUT2D eigenvalue weighted by atomic mass is 10.1. The summed E-state index contributed by atoms with van der Waals surface area (Å²) >= 11 is 0. The average molecular weight is 569 g/mol. The van der Waals surface area contributed by atoms with Gasteiger partial charge in [-0.25, -0.2) is 17.9 Å². The number of rotatable bonds is 10. The molecular weight excluding hydrogens is 532 g/mol. The van der Waals surface area contributed by atoms with E-state index in [0.29, 0.717) is 17.8 Å². The SMILES string of the molecule is CCC(C)NS(=O)(=O)c1cc(NC(=O)C2CCCC2)ccc1Oc1c(C)c(C(=O)O)nn1-c1cccc(C)c1C. The van der Waals surface area contributed by atoms with Crippen LogP contribution in [0.15, 0.2) is 41.3 Å². The van der Waals surface area contributed by atoms with Gasteiger partial charge in [-0.2, -0.15) is 9.78 Å². The van der Waals surface area contributed by atoms with Crippen LogP contribution in [0.25, 0.3) is 5.69 Å². The molecule has 11 heteroatoms. The number of benzene rings is 2. The topological polar surface area (TPSA) is 140 Å². The van der Waals surface area contributed by atoms with Crippen LogP contribution in [0.2, 0.25) is 0 Å². The van der Waals surface area contributed by atoms with Crippen LogP contribution in [0.3, 0.4) is 0 Å². The van der Waals surface area contributed by atoms with Gasteiger partial charge in [0, 0.05) is 23.2 Å². The molecule has 1 heterocycles. The largest absolute Gasteiger partial charge is 0.476 e. The van der Waals surface area contributed by atoms with Crippen molar-refractivity contribution in [3.8, 4) is 17.3 Å². The van der Waals surface area contributed by atoms with Crippen molar-refractivity contribution in [2.75, 3.05) is 5.32 Å². The zero-order valence-corrected chi connectivity index (χ0v) is 24.3. The highest BCUT2D eigenvalue weighted by molar-refractivity contribution is 7.89. The Morgan fingerprint density at radius 1 is 1.12 bits per heavy atom. The van der Waals surface area contributed by atoms with E-state index in [1.807, 2.05) is 32.9 Å². The first kappa shape index (κ1) is 29.3. The maximum absolute atomic E-state index is 13.5. The summed E-state index contributed by atoms with van der Waals surface area (Å²) in [6.07, 6.45) is 4.17. The molecule has 2 aromatic carbocycles. The molecule has 0 radical (unpaired) electrons. The number of aromatic carboxylic acids is 1. The number of amides is 1. The number of sulfonamides is 1. The number of carboxylic acid groups (broad SMARTS) is 1. The lowest BCUT2D eigenvalue weighted by Crippen LogP contribution is -2.32. The molecule has 214 valence electrons. The first-order valence-electron chi connectivity index (χ1n) is 13.5. The van der Waals surface area contributed by atoms with Crippen LogP contribution >= 0.6 is 0 Å². The molecule has 0 bridgehead atoms. The van der Waals surface area contributed by atoms with Crippen LogP contribution in [0.5, 0.6) is 11.6 Å². The predicted molar refractivity (Wildman–Crippen MR) is 152 cm³/mol. The third kappa shape index (κ3) is 6.05. The van der Waals surface area contributed by atoms with Crippen molar-refractivity contribution in [1.82, 2.24) is 14.5 Å². The van der Waals surface area contributed by atoms with Crippen molar-refractivity contribution in [2.24, 2.45) is 5.92 Å². The first-order valence-corrected chi connectivity index (χ1v) is 15.0. The van der Waals surface area contributed by atoms with Crippen LogP contribution in [0.1, 0.15) is 73.1 Å². The Labute approximate surface area is 234 Å². The number of carboxylic acids is 1. The van der Waals surface area contributed by atoms with Crippen molar-refractivity contribution in [2.45, 2.75) is 77.7 Å². The van der Waals surface area contributed by atoms with E-state index < -0.39 is 16.0 Å². The molecule has 0 saturated heterocycles. The molecule has 1 atom stereocenters. The summed E-state index contributed by atoms with van der Waals surface area (Å²) in [5, 5.41) is 16.9. The van der Waals surface area contributed by atoms with Crippen LogP contribution < -0.4 is 14.8 Å². The Bertz CT molecular complexity index is 1540. The van der Waals surface area contributed by atoms with E-state index >= 15 is 0 Å². The summed E-state index contributed by atoms with van der Waals surface area (Å²) < 4.78 is 37.3. The molecule has 1 aromatic heterocycles. The Hall–Kier alpha value is -3.70. The van der Waals surface area contributed by atoms with Gasteiger partial charge in [0.2, 0.25) is 21.8 Å². The zero-order valence-electron chi connectivity index (χ0n) is 23.4. The maximum Gasteiger partial charge on any atom is 0.356 e.